The number of H-pyrrole nitrogens is 4. The topological polar surface area (TPSA) is 133 Å². The van der Waals surface area contributed by atoms with Gasteiger partial charge in [-0.15, -0.1) is 0 Å². The van der Waals surface area contributed by atoms with Crippen LogP contribution in [0.15, 0.2) is 52.1 Å². The van der Waals surface area contributed by atoms with Gasteiger partial charge in [-0.1, -0.05) is 24.3 Å². The van der Waals surface area contributed by atoms with E-state index in [9.17, 15) is 14.4 Å². The summed E-state index contributed by atoms with van der Waals surface area (Å²) in [5.74, 6) is -0.595. The average Bonchev–Trinajstić information content (AvgIpc) is 3.32. The number of ether oxygens (including phenoxy) is 2. The van der Waals surface area contributed by atoms with Crippen LogP contribution in [-0.2, 0) is 0 Å². The standard InChI is InChI=1S/C25H26N4O5/c1-5-33-19-12-16(10-11-18(19)34-25(32)17-9-7-6-8-13(17)2)22(20-14(3)26-28-23(20)30)21-15(4)27-29-24(21)31/h6-12,22H,5H2,1-4H3,(H2,26,28,30)(H2,27,29,31). The van der Waals surface area contributed by atoms with Crippen molar-refractivity contribution in [2.45, 2.75) is 33.6 Å². The number of benzene rings is 2. The van der Waals surface area contributed by atoms with Gasteiger partial charge in [0.1, 0.15) is 0 Å². The molecule has 0 saturated heterocycles. The summed E-state index contributed by atoms with van der Waals surface area (Å²) in [6.45, 7) is 7.51. The minimum atomic E-state index is -0.676. The first kappa shape index (κ1) is 22.9. The molecule has 0 aliphatic heterocycles. The molecular weight excluding hydrogens is 436 g/mol. The third-order valence-corrected chi connectivity index (χ3v) is 5.77. The Morgan fingerprint density at radius 2 is 1.47 bits per heavy atom. The van der Waals surface area contributed by atoms with Crippen molar-refractivity contribution in [3.05, 3.63) is 102 Å². The smallest absolute Gasteiger partial charge is 0.343 e. The van der Waals surface area contributed by atoms with Gasteiger partial charge >= 0.3 is 5.97 Å². The maximum atomic E-state index is 12.8. The van der Waals surface area contributed by atoms with Crippen molar-refractivity contribution in [1.29, 1.82) is 0 Å². The predicted octanol–water partition coefficient (Wildman–Crippen LogP) is 3.44. The molecule has 0 aliphatic carbocycles. The van der Waals surface area contributed by atoms with Crippen molar-refractivity contribution in [3.63, 3.8) is 0 Å². The Kier molecular flexibility index (Phi) is 6.27. The maximum absolute atomic E-state index is 12.8. The van der Waals surface area contributed by atoms with E-state index in [2.05, 4.69) is 20.4 Å². The van der Waals surface area contributed by atoms with E-state index in [-0.39, 0.29) is 16.9 Å². The lowest BCUT2D eigenvalue weighted by atomic mass is 9.85. The minimum Gasteiger partial charge on any atom is -0.490 e. The summed E-state index contributed by atoms with van der Waals surface area (Å²) in [6.07, 6.45) is 0. The molecule has 4 N–H and O–H groups in total. The lowest BCUT2D eigenvalue weighted by molar-refractivity contribution is 0.0727. The van der Waals surface area contributed by atoms with E-state index in [1.807, 2.05) is 26.0 Å². The van der Waals surface area contributed by atoms with Crippen molar-refractivity contribution < 1.29 is 14.3 Å². The highest BCUT2D eigenvalue weighted by Gasteiger charge is 2.29. The van der Waals surface area contributed by atoms with Crippen LogP contribution in [0, 0.1) is 20.8 Å². The van der Waals surface area contributed by atoms with E-state index in [0.717, 1.165) is 5.56 Å². The van der Waals surface area contributed by atoms with Crippen LogP contribution in [0.4, 0.5) is 0 Å². The molecule has 0 spiro atoms. The molecule has 0 atom stereocenters. The van der Waals surface area contributed by atoms with E-state index in [1.165, 1.54) is 0 Å². The van der Waals surface area contributed by atoms with Crippen molar-refractivity contribution in [1.82, 2.24) is 20.4 Å². The van der Waals surface area contributed by atoms with Crippen LogP contribution in [-0.4, -0.2) is 33.0 Å². The van der Waals surface area contributed by atoms with Crippen molar-refractivity contribution in [2.75, 3.05) is 6.61 Å². The normalized spacial score (nSPS) is 11.1. The molecule has 0 amide bonds. The summed E-state index contributed by atoms with van der Waals surface area (Å²) >= 11 is 0. The Balaban J connectivity index is 1.82. The van der Waals surface area contributed by atoms with Crippen molar-refractivity contribution in [3.8, 4) is 11.5 Å². The Labute approximate surface area is 195 Å². The summed E-state index contributed by atoms with van der Waals surface area (Å²) in [7, 11) is 0. The molecular formula is C25H26N4O5. The number of aryl methyl sites for hydroxylation is 3. The summed E-state index contributed by atoms with van der Waals surface area (Å²) in [4.78, 5) is 38.1. The fourth-order valence-corrected chi connectivity index (χ4v) is 4.10. The highest BCUT2D eigenvalue weighted by atomic mass is 16.6. The van der Waals surface area contributed by atoms with E-state index < -0.39 is 11.9 Å². The summed E-state index contributed by atoms with van der Waals surface area (Å²) < 4.78 is 11.4. The minimum absolute atomic E-state index is 0.247. The number of aromatic nitrogens is 4. The van der Waals surface area contributed by atoms with Crippen LogP contribution in [0.3, 0.4) is 0 Å². The van der Waals surface area contributed by atoms with Gasteiger partial charge in [0.15, 0.2) is 11.5 Å². The largest absolute Gasteiger partial charge is 0.490 e. The fourth-order valence-electron chi connectivity index (χ4n) is 4.10. The molecule has 34 heavy (non-hydrogen) atoms. The molecule has 2 heterocycles. The Bertz CT molecular complexity index is 1400. The molecule has 4 aromatic rings. The zero-order chi connectivity index (χ0) is 24.4. The number of hydrogen-bond acceptors (Lipinski definition) is 5. The van der Waals surface area contributed by atoms with Gasteiger partial charge in [-0.3, -0.25) is 19.8 Å². The van der Waals surface area contributed by atoms with Gasteiger partial charge in [-0.2, -0.15) is 0 Å². The number of carbonyl (C=O) groups excluding carboxylic acids is 1. The Morgan fingerprint density at radius 3 is 2.00 bits per heavy atom. The highest BCUT2D eigenvalue weighted by molar-refractivity contribution is 5.92. The lowest BCUT2D eigenvalue weighted by Crippen LogP contribution is -2.20. The van der Waals surface area contributed by atoms with Crippen LogP contribution in [0.1, 0.15) is 56.8 Å². The summed E-state index contributed by atoms with van der Waals surface area (Å²) in [6, 6.07) is 12.2. The molecule has 2 aromatic carbocycles. The predicted molar refractivity (Wildman–Crippen MR) is 127 cm³/mol. The number of aromatic amines is 4. The van der Waals surface area contributed by atoms with Crippen LogP contribution >= 0.6 is 0 Å². The zero-order valence-corrected chi connectivity index (χ0v) is 19.4. The molecule has 0 unspecified atom stereocenters. The molecule has 0 radical (unpaired) electrons. The molecule has 4 rings (SSSR count). The maximum Gasteiger partial charge on any atom is 0.343 e. The third kappa shape index (κ3) is 4.19. The lowest BCUT2D eigenvalue weighted by Gasteiger charge is -2.18. The Morgan fingerprint density at radius 1 is 0.853 bits per heavy atom. The fraction of sp³-hybridized carbons (Fsp3) is 0.240. The molecule has 0 fully saturated rings. The number of hydrogen-bond donors (Lipinski definition) is 4. The third-order valence-electron chi connectivity index (χ3n) is 5.77. The zero-order valence-electron chi connectivity index (χ0n) is 19.4. The number of rotatable bonds is 7. The van der Waals surface area contributed by atoms with Crippen molar-refractivity contribution in [2.24, 2.45) is 0 Å². The van der Waals surface area contributed by atoms with Crippen LogP contribution in [0.25, 0.3) is 0 Å². The number of esters is 1. The first-order chi connectivity index (χ1) is 16.3. The summed E-state index contributed by atoms with van der Waals surface area (Å²) in [5.41, 5.74) is 3.31. The monoisotopic (exact) mass is 462 g/mol. The quantitative estimate of drug-likeness (QED) is 0.247. The van der Waals surface area contributed by atoms with Gasteiger partial charge in [-0.25, -0.2) is 4.79 Å². The van der Waals surface area contributed by atoms with Crippen LogP contribution in [0.5, 0.6) is 11.5 Å². The molecule has 0 saturated carbocycles. The second kappa shape index (κ2) is 9.30. The summed E-state index contributed by atoms with van der Waals surface area (Å²) in [5, 5.41) is 10.8. The second-order valence-corrected chi connectivity index (χ2v) is 8.01. The van der Waals surface area contributed by atoms with Gasteiger partial charge < -0.3 is 19.7 Å². The SMILES string of the molecule is CCOc1cc(C(c2c(C)[nH][nH]c2=O)c2c(C)[nH][nH]c2=O)ccc1OC(=O)c1ccccc1C. The van der Waals surface area contributed by atoms with E-state index in [1.54, 1.807) is 44.2 Å². The molecule has 9 heteroatoms. The van der Waals surface area contributed by atoms with Gasteiger partial charge in [0.25, 0.3) is 11.1 Å². The molecule has 0 bridgehead atoms. The first-order valence-corrected chi connectivity index (χ1v) is 10.9. The van der Waals surface area contributed by atoms with Gasteiger partial charge in [-0.05, 0) is 57.0 Å². The van der Waals surface area contributed by atoms with E-state index in [0.29, 0.717) is 46.0 Å². The number of nitrogens with one attached hydrogen (secondary N) is 4. The highest BCUT2D eigenvalue weighted by Crippen LogP contribution is 2.37. The second-order valence-electron chi connectivity index (χ2n) is 8.01. The molecule has 9 nitrogen and oxygen atoms in total. The first-order valence-electron chi connectivity index (χ1n) is 10.9. The van der Waals surface area contributed by atoms with Crippen LogP contribution in [0.2, 0.25) is 0 Å². The molecule has 176 valence electrons. The van der Waals surface area contributed by atoms with E-state index in [4.69, 9.17) is 9.47 Å². The van der Waals surface area contributed by atoms with Gasteiger partial charge in [0.05, 0.1) is 23.3 Å². The molecule has 0 aliphatic rings. The molecule has 2 aromatic heterocycles. The van der Waals surface area contributed by atoms with Crippen LogP contribution < -0.4 is 20.6 Å². The van der Waals surface area contributed by atoms with Gasteiger partial charge in [0.2, 0.25) is 0 Å². The van der Waals surface area contributed by atoms with Gasteiger partial charge in [0, 0.05) is 17.3 Å². The van der Waals surface area contributed by atoms with E-state index >= 15 is 0 Å². The Hall–Kier alpha value is -4.27. The number of carbonyl (C=O) groups is 1. The average molecular weight is 463 g/mol. The van der Waals surface area contributed by atoms with Crippen molar-refractivity contribution >= 4 is 5.97 Å².